The van der Waals surface area contributed by atoms with Crippen LogP contribution in [0.5, 0.6) is 0 Å². The van der Waals surface area contributed by atoms with Crippen molar-refractivity contribution < 1.29 is 22.4 Å². The lowest BCUT2D eigenvalue weighted by molar-refractivity contribution is -0.900. The maximum absolute atomic E-state index is 9.34. The van der Waals surface area contributed by atoms with Crippen molar-refractivity contribution in [3.05, 3.63) is 0 Å². The molecule has 0 aromatic rings. The quantitative estimate of drug-likeness (QED) is 0.0641. The number of unbranched alkanes of at least 4 members (excludes halogenated alkanes) is 32. The van der Waals surface area contributed by atoms with E-state index in [2.05, 4.69) is 13.8 Å². The number of nitrogens with one attached hydrogen (secondary N) is 1. The number of aliphatic hydroxyl groups is 1. The van der Waals surface area contributed by atoms with Gasteiger partial charge >= 0.3 is 0 Å². The summed E-state index contributed by atoms with van der Waals surface area (Å²) in [4.78, 5) is 1.76. The van der Waals surface area contributed by atoms with Gasteiger partial charge in [0.1, 0.15) is 0 Å². The second-order valence-electron chi connectivity index (χ2n) is 14.4. The largest absolute Gasteiger partial charge is 1.00 e. The topological polar surface area (TPSA) is 24.7 Å². The average molecular weight is 645 g/mol. The summed E-state index contributed by atoms with van der Waals surface area (Å²) in [5.41, 5.74) is 0. The zero-order valence-electron chi connectivity index (χ0n) is 30.9. The molecule has 0 aliphatic heterocycles. The molecule has 0 unspecified atom stereocenters. The lowest BCUT2D eigenvalue weighted by Gasteiger charge is -2.19. The van der Waals surface area contributed by atoms with Gasteiger partial charge in [-0.3, -0.25) is 0 Å². The maximum atomic E-state index is 9.34. The molecular weight excluding hydrogens is 558 g/mol. The molecule has 268 valence electrons. The third kappa shape index (κ3) is 40.2. The molecule has 0 amide bonds. The van der Waals surface area contributed by atoms with Gasteiger partial charge in [-0.2, -0.15) is 0 Å². The maximum Gasteiger partial charge on any atom is 0.0793 e. The summed E-state index contributed by atoms with van der Waals surface area (Å²) >= 11 is 0. The van der Waals surface area contributed by atoms with Crippen LogP contribution in [0.25, 0.3) is 0 Å². The fraction of sp³-hybridized carbons (Fsp3) is 1.00. The van der Waals surface area contributed by atoms with Crippen LogP contribution in [-0.4, -0.2) is 31.3 Å². The van der Waals surface area contributed by atoms with Crippen molar-refractivity contribution in [2.45, 2.75) is 239 Å². The van der Waals surface area contributed by atoms with E-state index >= 15 is 0 Å². The number of aliphatic hydroxyl groups excluding tert-OH is 1. The molecule has 0 aromatic heterocycles. The van der Waals surface area contributed by atoms with Crippen molar-refractivity contribution in [2.24, 2.45) is 0 Å². The average Bonchev–Trinajstić information content (AvgIpc) is 3.02. The van der Waals surface area contributed by atoms with Gasteiger partial charge < -0.3 is 22.4 Å². The highest BCUT2D eigenvalue weighted by atomic mass is 35.5. The third-order valence-electron chi connectivity index (χ3n) is 9.96. The van der Waals surface area contributed by atoms with E-state index in [0.717, 1.165) is 6.42 Å². The summed E-state index contributed by atoms with van der Waals surface area (Å²) in [6, 6.07) is 0. The number of rotatable bonds is 39. The third-order valence-corrected chi connectivity index (χ3v) is 9.96. The van der Waals surface area contributed by atoms with Crippen molar-refractivity contribution >= 4 is 0 Å². The first-order valence-electron chi connectivity index (χ1n) is 20.8. The Balaban J connectivity index is 0. The van der Waals surface area contributed by atoms with Crippen molar-refractivity contribution in [1.82, 2.24) is 0 Å². The number of quaternary nitrogens is 1. The van der Waals surface area contributed by atoms with E-state index in [-0.39, 0.29) is 12.4 Å². The van der Waals surface area contributed by atoms with Crippen molar-refractivity contribution in [1.29, 1.82) is 0 Å². The van der Waals surface area contributed by atoms with Crippen molar-refractivity contribution in [2.75, 3.05) is 26.2 Å². The zero-order chi connectivity index (χ0) is 31.2. The monoisotopic (exact) mass is 644 g/mol. The molecule has 0 fully saturated rings. The van der Waals surface area contributed by atoms with E-state index in [1.54, 1.807) is 4.90 Å². The molecule has 0 aliphatic carbocycles. The van der Waals surface area contributed by atoms with E-state index in [4.69, 9.17) is 0 Å². The van der Waals surface area contributed by atoms with Crippen molar-refractivity contribution in [3.63, 3.8) is 0 Å². The van der Waals surface area contributed by atoms with Gasteiger partial charge in [0.2, 0.25) is 0 Å². The summed E-state index contributed by atoms with van der Waals surface area (Å²) < 4.78 is 0. The van der Waals surface area contributed by atoms with Gasteiger partial charge in [-0.05, 0) is 25.7 Å². The predicted molar refractivity (Wildman–Crippen MR) is 196 cm³/mol. The molecular formula is C41H86ClNO. The molecule has 0 spiro atoms. The van der Waals surface area contributed by atoms with E-state index in [0.29, 0.717) is 6.61 Å². The molecule has 2 nitrogen and oxygen atoms in total. The molecule has 0 saturated heterocycles. The van der Waals surface area contributed by atoms with E-state index in [1.807, 2.05) is 0 Å². The van der Waals surface area contributed by atoms with Gasteiger partial charge in [-0.15, -0.1) is 0 Å². The smallest absolute Gasteiger partial charge is 0.0793 e. The van der Waals surface area contributed by atoms with E-state index in [1.165, 1.54) is 238 Å². The Morgan fingerprint density at radius 1 is 0.273 bits per heavy atom. The van der Waals surface area contributed by atoms with Gasteiger partial charge in [-0.25, -0.2) is 0 Å². The summed E-state index contributed by atoms with van der Waals surface area (Å²) in [5, 5.41) is 9.34. The molecule has 0 radical (unpaired) electrons. The molecule has 0 bridgehead atoms. The standard InChI is InChI=1S/C41H85NO.ClH/c1-3-5-7-9-11-13-15-17-19-21-23-25-27-29-31-33-35-38-42(40-37-41-43)39-36-34-32-30-28-26-24-22-20-18-16-14-12-10-8-6-4-2;/h43H,3-41H2,1-2H3;1H. The summed E-state index contributed by atoms with van der Waals surface area (Å²) in [6.07, 6.45) is 50.3. The SMILES string of the molecule is CCCCCCCCCCCCCCCCCCC[NH+](CCCO)CCCCCCCCCCCCCCCCCCC.[Cl-]. The molecule has 0 atom stereocenters. The van der Waals surface area contributed by atoms with Crippen LogP contribution in [0.4, 0.5) is 0 Å². The van der Waals surface area contributed by atoms with Crippen LogP contribution in [0.15, 0.2) is 0 Å². The minimum atomic E-state index is 0. The Morgan fingerprint density at radius 2 is 0.455 bits per heavy atom. The first-order valence-corrected chi connectivity index (χ1v) is 20.8. The second-order valence-corrected chi connectivity index (χ2v) is 14.4. The summed E-state index contributed by atoms with van der Waals surface area (Å²) in [6.45, 7) is 8.81. The van der Waals surface area contributed by atoms with Crippen LogP contribution >= 0.6 is 0 Å². The fourth-order valence-electron chi connectivity index (χ4n) is 6.90. The molecule has 0 aromatic carbocycles. The van der Waals surface area contributed by atoms with Gasteiger partial charge in [-0.1, -0.05) is 206 Å². The molecule has 0 heterocycles. The van der Waals surface area contributed by atoms with Crippen LogP contribution < -0.4 is 17.3 Å². The lowest BCUT2D eigenvalue weighted by Crippen LogP contribution is -3.12. The van der Waals surface area contributed by atoms with Gasteiger partial charge in [0.05, 0.1) is 19.6 Å². The van der Waals surface area contributed by atoms with E-state index < -0.39 is 0 Å². The zero-order valence-corrected chi connectivity index (χ0v) is 31.7. The molecule has 2 N–H and O–H groups in total. The number of halogens is 1. The minimum absolute atomic E-state index is 0. The minimum Gasteiger partial charge on any atom is -1.00 e. The summed E-state index contributed by atoms with van der Waals surface area (Å²) in [5.74, 6) is 0. The van der Waals surface area contributed by atoms with Crippen LogP contribution in [-0.2, 0) is 0 Å². The molecule has 0 rings (SSSR count). The Morgan fingerprint density at radius 3 is 0.659 bits per heavy atom. The van der Waals surface area contributed by atoms with Gasteiger partial charge in [0.25, 0.3) is 0 Å². The Labute approximate surface area is 286 Å². The van der Waals surface area contributed by atoms with Crippen LogP contribution in [0.3, 0.4) is 0 Å². The Hall–Kier alpha value is 0.210. The predicted octanol–water partition coefficient (Wildman–Crippen LogP) is 9.56. The normalized spacial score (nSPS) is 11.5. The number of hydrogen-bond acceptors (Lipinski definition) is 1. The van der Waals surface area contributed by atoms with E-state index in [9.17, 15) is 5.11 Å². The fourth-order valence-corrected chi connectivity index (χ4v) is 6.90. The van der Waals surface area contributed by atoms with Gasteiger partial charge in [0, 0.05) is 13.0 Å². The molecule has 44 heavy (non-hydrogen) atoms. The lowest BCUT2D eigenvalue weighted by atomic mass is 10.0. The van der Waals surface area contributed by atoms with Gasteiger partial charge in [0.15, 0.2) is 0 Å². The highest BCUT2D eigenvalue weighted by Crippen LogP contribution is 2.15. The Bertz CT molecular complexity index is 436. The molecule has 0 aliphatic rings. The highest BCUT2D eigenvalue weighted by Gasteiger charge is 2.08. The second kappa shape index (κ2) is 43.2. The molecule has 0 saturated carbocycles. The Kier molecular flexibility index (Phi) is 45.5. The first-order chi connectivity index (χ1) is 21.3. The van der Waals surface area contributed by atoms with Crippen LogP contribution in [0.1, 0.15) is 239 Å². The number of hydrogen-bond donors (Lipinski definition) is 2. The highest BCUT2D eigenvalue weighted by molar-refractivity contribution is 4.52. The molecule has 3 heteroatoms. The van der Waals surface area contributed by atoms with Crippen LogP contribution in [0, 0.1) is 0 Å². The van der Waals surface area contributed by atoms with Crippen LogP contribution in [0.2, 0.25) is 0 Å². The van der Waals surface area contributed by atoms with Crippen molar-refractivity contribution in [3.8, 4) is 0 Å². The summed E-state index contributed by atoms with van der Waals surface area (Å²) in [7, 11) is 0. The first kappa shape index (κ1) is 46.3.